The van der Waals surface area contributed by atoms with E-state index in [9.17, 15) is 4.79 Å². The quantitative estimate of drug-likeness (QED) is 0.665. The molecule has 1 atom stereocenters. The minimum Gasteiger partial charge on any atom is -0.454 e. The molecule has 0 aliphatic carbocycles. The molecule has 1 N–H and O–H groups in total. The topological polar surface area (TPSA) is 47.6 Å². The van der Waals surface area contributed by atoms with Gasteiger partial charge in [-0.05, 0) is 41.8 Å². The van der Waals surface area contributed by atoms with Gasteiger partial charge in [0.2, 0.25) is 12.7 Å². The first-order valence-electron chi connectivity index (χ1n) is 9.19. The van der Waals surface area contributed by atoms with Gasteiger partial charge in [-0.1, -0.05) is 66.2 Å². The van der Waals surface area contributed by atoms with Gasteiger partial charge >= 0.3 is 0 Å². The summed E-state index contributed by atoms with van der Waals surface area (Å²) in [6.07, 6.45) is 3.32. The highest BCUT2D eigenvalue weighted by Crippen LogP contribution is 2.32. The third kappa shape index (κ3) is 4.07. The molecular weight excluding hydrogens is 350 g/mol. The Bertz CT molecular complexity index is 994. The predicted octanol–water partition coefficient (Wildman–Crippen LogP) is 4.64. The van der Waals surface area contributed by atoms with Crippen molar-refractivity contribution in [1.82, 2.24) is 5.32 Å². The van der Waals surface area contributed by atoms with Crippen LogP contribution < -0.4 is 14.8 Å². The van der Waals surface area contributed by atoms with E-state index in [1.807, 2.05) is 55.5 Å². The molecule has 0 unspecified atom stereocenters. The Hall–Kier alpha value is -3.53. The van der Waals surface area contributed by atoms with E-state index < -0.39 is 0 Å². The summed E-state index contributed by atoms with van der Waals surface area (Å²) < 4.78 is 10.7. The average Bonchev–Trinajstić information content (AvgIpc) is 3.20. The van der Waals surface area contributed by atoms with Crippen LogP contribution in [0, 0.1) is 6.92 Å². The highest BCUT2D eigenvalue weighted by Gasteiger charge is 2.16. The van der Waals surface area contributed by atoms with Crippen molar-refractivity contribution < 1.29 is 14.3 Å². The number of nitrogens with one attached hydrogen (secondary N) is 1. The second-order valence-electron chi connectivity index (χ2n) is 6.71. The van der Waals surface area contributed by atoms with Gasteiger partial charge in [-0.2, -0.15) is 0 Å². The highest BCUT2D eigenvalue weighted by atomic mass is 16.7. The number of benzene rings is 3. The molecule has 0 saturated carbocycles. The molecule has 3 aromatic rings. The zero-order valence-corrected chi connectivity index (χ0v) is 15.6. The molecule has 0 spiro atoms. The van der Waals surface area contributed by atoms with E-state index in [4.69, 9.17) is 9.47 Å². The van der Waals surface area contributed by atoms with Crippen LogP contribution in [0.15, 0.2) is 78.9 Å². The van der Waals surface area contributed by atoms with Crippen LogP contribution in [-0.2, 0) is 4.79 Å². The second kappa shape index (κ2) is 8.01. The molecule has 4 heteroatoms. The number of carbonyl (C=O) groups is 1. The molecule has 1 heterocycles. The summed E-state index contributed by atoms with van der Waals surface area (Å²) in [5.74, 6) is 1.27. The van der Waals surface area contributed by atoms with Crippen molar-refractivity contribution in [3.05, 3.63) is 101 Å². The molecule has 140 valence electrons. The fourth-order valence-electron chi connectivity index (χ4n) is 3.14. The van der Waals surface area contributed by atoms with E-state index in [1.165, 1.54) is 5.56 Å². The van der Waals surface area contributed by atoms with Crippen LogP contribution in [0.3, 0.4) is 0 Å². The maximum Gasteiger partial charge on any atom is 0.244 e. The van der Waals surface area contributed by atoms with Crippen LogP contribution in [-0.4, -0.2) is 12.7 Å². The molecule has 1 aliphatic rings. The monoisotopic (exact) mass is 371 g/mol. The van der Waals surface area contributed by atoms with Crippen molar-refractivity contribution in [1.29, 1.82) is 0 Å². The maximum atomic E-state index is 12.6. The lowest BCUT2D eigenvalue weighted by Crippen LogP contribution is -2.27. The summed E-state index contributed by atoms with van der Waals surface area (Å²) >= 11 is 0. The van der Waals surface area contributed by atoms with Gasteiger partial charge in [-0.15, -0.1) is 0 Å². The Kier molecular flexibility index (Phi) is 5.11. The number of carbonyl (C=O) groups excluding carboxylic acids is 1. The normalized spacial score (nSPS) is 13.5. The van der Waals surface area contributed by atoms with Crippen LogP contribution in [0.2, 0.25) is 0 Å². The van der Waals surface area contributed by atoms with Gasteiger partial charge in [0.25, 0.3) is 0 Å². The molecule has 28 heavy (non-hydrogen) atoms. The summed E-state index contributed by atoms with van der Waals surface area (Å²) in [5, 5.41) is 3.11. The van der Waals surface area contributed by atoms with Crippen molar-refractivity contribution >= 4 is 12.0 Å². The Balaban J connectivity index is 1.53. The summed E-state index contributed by atoms with van der Waals surface area (Å²) in [7, 11) is 0. The lowest BCUT2D eigenvalue weighted by atomic mass is 9.98. The molecule has 0 bridgehead atoms. The Morgan fingerprint density at radius 3 is 2.43 bits per heavy atom. The average molecular weight is 371 g/mol. The number of rotatable bonds is 5. The molecular formula is C24H21NO3. The van der Waals surface area contributed by atoms with Crippen molar-refractivity contribution in [3.8, 4) is 11.5 Å². The first kappa shape index (κ1) is 17.9. The lowest BCUT2D eigenvalue weighted by Gasteiger charge is -2.19. The maximum absolute atomic E-state index is 12.6. The minimum absolute atomic E-state index is 0.160. The van der Waals surface area contributed by atoms with Crippen molar-refractivity contribution in [2.24, 2.45) is 0 Å². The van der Waals surface area contributed by atoms with Gasteiger partial charge in [-0.25, -0.2) is 0 Å². The van der Waals surface area contributed by atoms with Gasteiger partial charge in [-0.3, -0.25) is 4.79 Å². The van der Waals surface area contributed by atoms with Crippen molar-refractivity contribution in [3.63, 3.8) is 0 Å². The largest absolute Gasteiger partial charge is 0.454 e. The number of fused-ring (bicyclic) bond motifs is 1. The van der Waals surface area contributed by atoms with Crippen LogP contribution in [0.25, 0.3) is 6.08 Å². The number of aryl methyl sites for hydroxylation is 1. The Labute approximate surface area is 164 Å². The summed E-state index contributed by atoms with van der Waals surface area (Å²) in [4.78, 5) is 12.6. The van der Waals surface area contributed by atoms with Crippen LogP contribution >= 0.6 is 0 Å². The molecule has 0 saturated heterocycles. The van der Waals surface area contributed by atoms with E-state index in [-0.39, 0.29) is 18.7 Å². The number of amides is 1. The molecule has 0 radical (unpaired) electrons. The Morgan fingerprint density at radius 1 is 0.929 bits per heavy atom. The van der Waals surface area contributed by atoms with Crippen LogP contribution in [0.4, 0.5) is 0 Å². The standard InChI is InChI=1S/C24H21NO3/c1-17-7-11-20(12-8-17)24(19-5-3-2-4-6-19)25-23(26)14-10-18-9-13-21-22(15-18)28-16-27-21/h2-15,24H,16H2,1H3,(H,25,26)/b14-10+/t24-/m1/s1. The fraction of sp³-hybridized carbons (Fsp3) is 0.125. The highest BCUT2D eigenvalue weighted by molar-refractivity contribution is 5.92. The summed E-state index contributed by atoms with van der Waals surface area (Å²) in [6.45, 7) is 2.28. The van der Waals surface area contributed by atoms with Crippen LogP contribution in [0.1, 0.15) is 28.3 Å². The predicted molar refractivity (Wildman–Crippen MR) is 109 cm³/mol. The van der Waals surface area contributed by atoms with Crippen LogP contribution in [0.5, 0.6) is 11.5 Å². The number of ether oxygens (including phenoxy) is 2. The smallest absolute Gasteiger partial charge is 0.244 e. The van der Waals surface area contributed by atoms with E-state index in [1.54, 1.807) is 12.2 Å². The molecule has 1 amide bonds. The fourth-order valence-corrected chi connectivity index (χ4v) is 3.14. The first-order chi connectivity index (χ1) is 13.7. The van der Waals surface area contributed by atoms with E-state index in [0.717, 1.165) is 22.4 Å². The molecule has 4 nitrogen and oxygen atoms in total. The molecule has 0 aromatic heterocycles. The third-order valence-corrected chi connectivity index (χ3v) is 4.65. The summed E-state index contributed by atoms with van der Waals surface area (Å²) in [6, 6.07) is 23.6. The molecule has 3 aromatic carbocycles. The van der Waals surface area contributed by atoms with E-state index >= 15 is 0 Å². The van der Waals surface area contributed by atoms with Gasteiger partial charge in [0.1, 0.15) is 0 Å². The number of hydrogen-bond acceptors (Lipinski definition) is 3. The SMILES string of the molecule is Cc1ccc([C@H](NC(=O)/C=C/c2ccc3c(c2)OCO3)c2ccccc2)cc1. The van der Waals surface area contributed by atoms with Gasteiger partial charge < -0.3 is 14.8 Å². The number of hydrogen-bond donors (Lipinski definition) is 1. The van der Waals surface area contributed by atoms with E-state index in [2.05, 4.69) is 29.6 Å². The van der Waals surface area contributed by atoms with Crippen molar-refractivity contribution in [2.45, 2.75) is 13.0 Å². The van der Waals surface area contributed by atoms with Crippen molar-refractivity contribution in [2.75, 3.05) is 6.79 Å². The van der Waals surface area contributed by atoms with Gasteiger partial charge in [0, 0.05) is 6.08 Å². The molecule has 1 aliphatic heterocycles. The second-order valence-corrected chi connectivity index (χ2v) is 6.71. The summed E-state index contributed by atoms with van der Waals surface area (Å²) in [5.41, 5.74) is 4.15. The zero-order valence-electron chi connectivity index (χ0n) is 15.6. The zero-order chi connectivity index (χ0) is 19.3. The molecule has 0 fully saturated rings. The lowest BCUT2D eigenvalue weighted by molar-refractivity contribution is -0.116. The van der Waals surface area contributed by atoms with Gasteiger partial charge in [0.15, 0.2) is 11.5 Å². The first-order valence-corrected chi connectivity index (χ1v) is 9.19. The molecule has 4 rings (SSSR count). The minimum atomic E-state index is -0.212. The Morgan fingerprint density at radius 2 is 1.64 bits per heavy atom. The van der Waals surface area contributed by atoms with Gasteiger partial charge in [0.05, 0.1) is 6.04 Å². The van der Waals surface area contributed by atoms with E-state index in [0.29, 0.717) is 5.75 Å². The third-order valence-electron chi connectivity index (χ3n) is 4.65.